The van der Waals surface area contributed by atoms with Crippen LogP contribution >= 0.6 is 11.6 Å². The molecule has 0 radical (unpaired) electrons. The summed E-state index contributed by atoms with van der Waals surface area (Å²) >= 11 is 5.51. The average molecular weight is 565 g/mol. The minimum absolute atomic E-state index is 0.142. The van der Waals surface area contributed by atoms with E-state index in [9.17, 15) is 8.94 Å². The molecule has 2 aromatic heterocycles. The third kappa shape index (κ3) is 6.51. The quantitative estimate of drug-likeness (QED) is 0.183. The molecule has 0 spiro atoms. The molecule has 0 saturated heterocycles. The molecule has 5 aromatic rings. The Morgan fingerprint density at radius 1 is 1.08 bits per heavy atom. The smallest absolute Gasteiger partial charge is 0.141 e. The Hall–Kier alpha value is -3.63. The Morgan fingerprint density at radius 2 is 1.95 bits per heavy atom. The number of fused-ring (bicyclic) bond motifs is 1. The lowest BCUT2D eigenvalue weighted by molar-refractivity contribution is 0.306. The molecule has 0 aliphatic heterocycles. The number of anilines is 2. The van der Waals surface area contributed by atoms with E-state index in [1.807, 2.05) is 43.4 Å². The Labute approximate surface area is 233 Å². The Balaban J connectivity index is 1.36. The summed E-state index contributed by atoms with van der Waals surface area (Å²) in [5.74, 6) is 2.65. The fourth-order valence-electron chi connectivity index (χ4n) is 4.17. The normalized spacial score (nSPS) is 12.8. The van der Waals surface area contributed by atoms with Crippen LogP contribution in [0.4, 0.5) is 15.9 Å². The Bertz CT molecular complexity index is 1600. The van der Waals surface area contributed by atoms with Crippen LogP contribution in [0, 0.1) is 5.82 Å². The van der Waals surface area contributed by atoms with Gasteiger partial charge in [-0.3, -0.25) is 0 Å². The van der Waals surface area contributed by atoms with Crippen molar-refractivity contribution in [1.82, 2.24) is 15.3 Å². The number of halogens is 2. The van der Waals surface area contributed by atoms with Crippen molar-refractivity contribution in [2.24, 2.45) is 0 Å². The third-order valence-electron chi connectivity index (χ3n) is 6.12. The van der Waals surface area contributed by atoms with Crippen molar-refractivity contribution in [3.63, 3.8) is 0 Å². The van der Waals surface area contributed by atoms with Crippen molar-refractivity contribution in [2.75, 3.05) is 24.4 Å². The van der Waals surface area contributed by atoms with E-state index < -0.39 is 11.2 Å². The van der Waals surface area contributed by atoms with Crippen molar-refractivity contribution in [1.29, 1.82) is 0 Å². The first-order valence-corrected chi connectivity index (χ1v) is 14.3. The first-order valence-electron chi connectivity index (χ1n) is 12.2. The Morgan fingerprint density at radius 3 is 2.72 bits per heavy atom. The van der Waals surface area contributed by atoms with Gasteiger partial charge < -0.3 is 24.3 Å². The topological polar surface area (TPSA) is 95.3 Å². The third-order valence-corrected chi connectivity index (χ3v) is 7.22. The molecule has 0 fully saturated rings. The highest BCUT2D eigenvalue weighted by molar-refractivity contribution is 7.90. The van der Waals surface area contributed by atoms with Gasteiger partial charge in [-0.05, 0) is 73.3 Å². The molecule has 0 aliphatic rings. The lowest BCUT2D eigenvalue weighted by Gasteiger charge is -2.14. The number of benzene rings is 3. The summed E-state index contributed by atoms with van der Waals surface area (Å²) in [4.78, 5) is 8.84. The zero-order valence-electron chi connectivity index (χ0n) is 21.3. The van der Waals surface area contributed by atoms with Gasteiger partial charge in [0.05, 0.1) is 16.8 Å². The molecule has 200 valence electrons. The SMILES string of the molecule is CN[C@H](C[S+](C)[O-])c1ccc(-c2ccc3ncnc(Nc4ccc(OCc5cccc(F)c5)c(Cl)c4)c3c2)o1. The molecule has 2 heterocycles. The van der Waals surface area contributed by atoms with Gasteiger partial charge in [0.15, 0.2) is 0 Å². The fraction of sp³-hybridized carbons (Fsp3) is 0.172. The summed E-state index contributed by atoms with van der Waals surface area (Å²) in [6.45, 7) is 0.198. The first kappa shape index (κ1) is 27.0. The highest BCUT2D eigenvalue weighted by Gasteiger charge is 2.19. The van der Waals surface area contributed by atoms with Gasteiger partial charge in [0.25, 0.3) is 0 Å². The van der Waals surface area contributed by atoms with E-state index in [4.69, 9.17) is 20.8 Å². The average Bonchev–Trinajstić information content (AvgIpc) is 3.41. The van der Waals surface area contributed by atoms with E-state index in [2.05, 4.69) is 20.6 Å². The van der Waals surface area contributed by atoms with Gasteiger partial charge in [-0.15, -0.1) is 0 Å². The molecule has 0 amide bonds. The van der Waals surface area contributed by atoms with Crippen LogP contribution in [0.2, 0.25) is 5.02 Å². The van der Waals surface area contributed by atoms with Gasteiger partial charge in [0.1, 0.15) is 53.6 Å². The van der Waals surface area contributed by atoms with E-state index in [0.717, 1.165) is 22.2 Å². The first-order chi connectivity index (χ1) is 18.9. The molecule has 7 nitrogen and oxygen atoms in total. The van der Waals surface area contributed by atoms with Crippen molar-refractivity contribution < 1.29 is 18.1 Å². The van der Waals surface area contributed by atoms with Gasteiger partial charge in [-0.1, -0.05) is 34.9 Å². The lowest BCUT2D eigenvalue weighted by Crippen LogP contribution is -2.24. The van der Waals surface area contributed by atoms with Crippen LogP contribution in [0.3, 0.4) is 0 Å². The molecule has 5 rings (SSSR count). The summed E-state index contributed by atoms with van der Waals surface area (Å²) < 4.78 is 37.0. The van der Waals surface area contributed by atoms with Crippen molar-refractivity contribution >= 4 is 45.2 Å². The van der Waals surface area contributed by atoms with Crippen molar-refractivity contribution in [2.45, 2.75) is 12.6 Å². The number of ether oxygens (including phenoxy) is 1. The molecule has 2 N–H and O–H groups in total. The molecular weight excluding hydrogens is 539 g/mol. The van der Waals surface area contributed by atoms with Gasteiger partial charge >= 0.3 is 0 Å². The number of aromatic nitrogens is 2. The molecule has 1 unspecified atom stereocenters. The monoisotopic (exact) mass is 564 g/mol. The van der Waals surface area contributed by atoms with Crippen LogP contribution < -0.4 is 15.4 Å². The predicted octanol–water partition coefficient (Wildman–Crippen LogP) is 6.64. The van der Waals surface area contributed by atoms with Gasteiger partial charge in [-0.2, -0.15) is 0 Å². The zero-order valence-corrected chi connectivity index (χ0v) is 22.9. The van der Waals surface area contributed by atoms with Gasteiger partial charge in [0.2, 0.25) is 0 Å². The number of rotatable bonds is 10. The highest BCUT2D eigenvalue weighted by atomic mass is 35.5. The van der Waals surface area contributed by atoms with Crippen LogP contribution in [0.1, 0.15) is 17.4 Å². The maximum Gasteiger partial charge on any atom is 0.141 e. The number of furan rings is 1. The van der Waals surface area contributed by atoms with Gasteiger partial charge in [-0.25, -0.2) is 14.4 Å². The number of hydrogen-bond donors (Lipinski definition) is 2. The summed E-state index contributed by atoms with van der Waals surface area (Å²) in [6, 6.07) is 21.0. The minimum Gasteiger partial charge on any atom is -0.616 e. The summed E-state index contributed by atoms with van der Waals surface area (Å²) in [6.07, 6.45) is 3.17. The predicted molar refractivity (Wildman–Crippen MR) is 153 cm³/mol. The molecular formula is C29H26ClFN4O3S. The van der Waals surface area contributed by atoms with E-state index in [-0.39, 0.29) is 18.5 Å². The number of hydrogen-bond acceptors (Lipinski definition) is 7. The zero-order chi connectivity index (χ0) is 27.4. The lowest BCUT2D eigenvalue weighted by atomic mass is 10.1. The molecule has 0 bridgehead atoms. The number of nitrogens with zero attached hydrogens (tertiary/aromatic N) is 2. The van der Waals surface area contributed by atoms with Crippen molar-refractivity contribution in [3.05, 3.63) is 101 Å². The molecule has 10 heteroatoms. The molecule has 3 aromatic carbocycles. The molecule has 0 saturated carbocycles. The maximum atomic E-state index is 13.4. The van der Waals surface area contributed by atoms with Crippen LogP contribution in [0.15, 0.2) is 83.5 Å². The van der Waals surface area contributed by atoms with E-state index in [1.54, 1.807) is 30.5 Å². The fourth-order valence-corrected chi connectivity index (χ4v) is 5.20. The van der Waals surface area contributed by atoms with E-state index >= 15 is 0 Å². The maximum absolute atomic E-state index is 13.4. The minimum atomic E-state index is -0.965. The largest absolute Gasteiger partial charge is 0.616 e. The molecule has 39 heavy (non-hydrogen) atoms. The number of nitrogens with one attached hydrogen (secondary N) is 2. The van der Waals surface area contributed by atoms with Crippen LogP contribution in [-0.2, 0) is 17.8 Å². The summed E-state index contributed by atoms with van der Waals surface area (Å²) in [5.41, 5.74) is 3.05. The van der Waals surface area contributed by atoms with E-state index in [1.165, 1.54) is 18.5 Å². The van der Waals surface area contributed by atoms with Crippen LogP contribution in [-0.4, -0.2) is 33.6 Å². The second-order valence-corrected chi connectivity index (χ2v) is 10.8. The standard InChI is InChI=1S/C29H26ClFN4O3S/c1-32-25(16-39(2)36)28-11-10-26(38-28)19-6-8-24-22(13-19)29(34-17-33-24)35-21-7-9-27(23(30)14-21)37-15-18-4-3-5-20(31)12-18/h3-14,17,25,32H,15-16H2,1-2H3,(H,33,34,35)/t25-,39?/m1/s1. The van der Waals surface area contributed by atoms with Crippen molar-refractivity contribution in [3.8, 4) is 17.1 Å². The summed E-state index contributed by atoms with van der Waals surface area (Å²) in [7, 11) is 1.82. The van der Waals surface area contributed by atoms with Gasteiger partial charge in [0, 0.05) is 16.6 Å². The van der Waals surface area contributed by atoms with Crippen LogP contribution in [0.5, 0.6) is 5.75 Å². The summed E-state index contributed by atoms with van der Waals surface area (Å²) in [5, 5.41) is 7.68. The molecule has 0 aliphatic carbocycles. The molecule has 2 atom stereocenters. The second kappa shape index (κ2) is 12.0. The Kier molecular flexibility index (Phi) is 8.33. The second-order valence-electron chi connectivity index (χ2n) is 8.93. The van der Waals surface area contributed by atoms with Crippen LogP contribution in [0.25, 0.3) is 22.2 Å². The van der Waals surface area contributed by atoms with E-state index in [0.29, 0.717) is 39.4 Å². The highest BCUT2D eigenvalue weighted by Crippen LogP contribution is 2.33.